The Bertz CT molecular complexity index is 1190. The molecule has 1 aromatic heterocycles. The molecule has 1 amide bonds. The van der Waals surface area contributed by atoms with E-state index < -0.39 is 9.84 Å². The summed E-state index contributed by atoms with van der Waals surface area (Å²) in [5.74, 6) is 0.104. The SMILES string of the molecule is CC(C)Cn1c(CN(CCN(C)C)C(=O)Cc2ccccc2)cnc1S(=O)(=O)Cc1ccccc1. The summed E-state index contributed by atoms with van der Waals surface area (Å²) in [5.41, 5.74) is 2.40. The van der Waals surface area contributed by atoms with Gasteiger partial charge in [-0.25, -0.2) is 13.4 Å². The number of carbonyl (C=O) groups is 1. The highest BCUT2D eigenvalue weighted by Crippen LogP contribution is 2.20. The Morgan fingerprint density at radius 1 is 0.943 bits per heavy atom. The highest BCUT2D eigenvalue weighted by Gasteiger charge is 2.26. The zero-order valence-corrected chi connectivity index (χ0v) is 21.9. The van der Waals surface area contributed by atoms with Crippen LogP contribution in [0.15, 0.2) is 72.0 Å². The van der Waals surface area contributed by atoms with Crippen LogP contribution in [0, 0.1) is 5.92 Å². The molecule has 0 aliphatic heterocycles. The number of rotatable bonds is 12. The molecule has 8 heteroatoms. The van der Waals surface area contributed by atoms with Gasteiger partial charge in [-0.1, -0.05) is 74.5 Å². The second-order valence-electron chi connectivity index (χ2n) is 9.56. The first kappa shape index (κ1) is 26.6. The van der Waals surface area contributed by atoms with Crippen LogP contribution in [0.5, 0.6) is 0 Å². The van der Waals surface area contributed by atoms with Gasteiger partial charge < -0.3 is 14.4 Å². The van der Waals surface area contributed by atoms with Gasteiger partial charge in [0.1, 0.15) is 0 Å². The molecule has 35 heavy (non-hydrogen) atoms. The average Bonchev–Trinajstić information content (AvgIpc) is 3.19. The number of nitrogens with zero attached hydrogens (tertiary/aromatic N) is 4. The molecule has 0 radical (unpaired) electrons. The van der Waals surface area contributed by atoms with Crippen LogP contribution in [0.25, 0.3) is 0 Å². The molecular weight excluding hydrogens is 460 g/mol. The van der Waals surface area contributed by atoms with Gasteiger partial charge in [0.15, 0.2) is 0 Å². The zero-order valence-electron chi connectivity index (χ0n) is 21.1. The number of imidazole rings is 1. The predicted molar refractivity (Wildman–Crippen MR) is 139 cm³/mol. The van der Waals surface area contributed by atoms with E-state index in [1.165, 1.54) is 0 Å². The molecule has 0 spiro atoms. The molecular formula is C27H36N4O3S. The normalized spacial score (nSPS) is 11.8. The van der Waals surface area contributed by atoms with Crippen molar-refractivity contribution >= 4 is 15.7 Å². The molecule has 0 unspecified atom stereocenters. The van der Waals surface area contributed by atoms with Crippen LogP contribution < -0.4 is 0 Å². The maximum Gasteiger partial charge on any atom is 0.228 e. The highest BCUT2D eigenvalue weighted by atomic mass is 32.2. The summed E-state index contributed by atoms with van der Waals surface area (Å²) < 4.78 is 28.4. The maximum absolute atomic E-state index is 13.3. The maximum atomic E-state index is 13.3. The minimum Gasteiger partial charge on any atom is -0.335 e. The highest BCUT2D eigenvalue weighted by molar-refractivity contribution is 7.90. The second-order valence-corrected chi connectivity index (χ2v) is 11.4. The largest absolute Gasteiger partial charge is 0.335 e. The first-order valence-electron chi connectivity index (χ1n) is 11.9. The molecule has 7 nitrogen and oxygen atoms in total. The first-order valence-corrected chi connectivity index (χ1v) is 13.6. The van der Waals surface area contributed by atoms with Gasteiger partial charge in [-0.3, -0.25) is 4.79 Å². The smallest absolute Gasteiger partial charge is 0.228 e. The molecule has 0 saturated heterocycles. The molecule has 2 aromatic carbocycles. The van der Waals surface area contributed by atoms with Crippen LogP contribution in [0.2, 0.25) is 0 Å². The average molecular weight is 497 g/mol. The van der Waals surface area contributed by atoms with Crippen molar-refractivity contribution in [3.05, 3.63) is 83.7 Å². The number of sulfone groups is 1. The van der Waals surface area contributed by atoms with Crippen molar-refractivity contribution in [2.24, 2.45) is 5.92 Å². The third kappa shape index (κ3) is 7.77. The van der Waals surface area contributed by atoms with Crippen molar-refractivity contribution in [2.45, 2.75) is 44.3 Å². The van der Waals surface area contributed by atoms with Crippen LogP contribution in [-0.4, -0.2) is 60.9 Å². The summed E-state index contributed by atoms with van der Waals surface area (Å²) >= 11 is 0. The van der Waals surface area contributed by atoms with E-state index in [4.69, 9.17) is 0 Å². The van der Waals surface area contributed by atoms with Crippen LogP contribution in [0.4, 0.5) is 0 Å². The van der Waals surface area contributed by atoms with Crippen LogP contribution >= 0.6 is 0 Å². The van der Waals surface area contributed by atoms with E-state index in [2.05, 4.69) is 4.98 Å². The second kappa shape index (κ2) is 12.1. The van der Waals surface area contributed by atoms with Crippen molar-refractivity contribution in [3.8, 4) is 0 Å². The van der Waals surface area contributed by atoms with Gasteiger partial charge in [-0.15, -0.1) is 0 Å². The summed E-state index contributed by atoms with van der Waals surface area (Å²) in [5, 5.41) is 0.0631. The summed E-state index contributed by atoms with van der Waals surface area (Å²) in [6, 6.07) is 18.8. The first-order chi connectivity index (χ1) is 16.7. The fraction of sp³-hybridized carbons (Fsp3) is 0.407. The molecule has 0 bridgehead atoms. The Morgan fingerprint density at radius 3 is 2.11 bits per heavy atom. The summed E-state index contributed by atoms with van der Waals surface area (Å²) in [7, 11) is 0.280. The quantitative estimate of drug-likeness (QED) is 0.383. The lowest BCUT2D eigenvalue weighted by Gasteiger charge is -2.25. The van der Waals surface area contributed by atoms with Crippen molar-refractivity contribution in [2.75, 3.05) is 27.2 Å². The lowest BCUT2D eigenvalue weighted by Crippen LogP contribution is -2.37. The molecule has 0 aliphatic carbocycles. The summed E-state index contributed by atoms with van der Waals surface area (Å²) in [4.78, 5) is 21.5. The lowest BCUT2D eigenvalue weighted by atomic mass is 10.1. The van der Waals surface area contributed by atoms with Gasteiger partial charge in [0.25, 0.3) is 0 Å². The van der Waals surface area contributed by atoms with Gasteiger partial charge in [0.2, 0.25) is 20.9 Å². The molecule has 0 atom stereocenters. The van der Waals surface area contributed by atoms with E-state index >= 15 is 0 Å². The standard InChI is InChI=1S/C27H36N4O3S/c1-22(2)19-31-25(18-28-27(31)35(33,34)21-24-13-9-6-10-14-24)20-30(16-15-29(3)4)26(32)17-23-11-7-5-8-12-23/h5-14,18,22H,15-17,19-21H2,1-4H3. The molecule has 188 valence electrons. The fourth-order valence-corrected chi connectivity index (χ4v) is 5.38. The summed E-state index contributed by atoms with van der Waals surface area (Å²) in [6.07, 6.45) is 1.91. The number of benzene rings is 2. The van der Waals surface area contributed by atoms with Crippen molar-refractivity contribution in [1.82, 2.24) is 19.4 Å². The minimum absolute atomic E-state index is 0.00374. The molecule has 3 aromatic rings. The fourth-order valence-electron chi connectivity index (χ4n) is 3.88. The zero-order chi connectivity index (χ0) is 25.4. The van der Waals surface area contributed by atoms with E-state index in [1.54, 1.807) is 27.8 Å². The number of hydrogen-bond acceptors (Lipinski definition) is 5. The molecule has 3 rings (SSSR count). The Balaban J connectivity index is 1.90. The molecule has 0 fully saturated rings. The monoisotopic (exact) mass is 496 g/mol. The minimum atomic E-state index is -3.66. The number of amides is 1. The molecule has 0 N–H and O–H groups in total. The Hall–Kier alpha value is -2.97. The van der Waals surface area contributed by atoms with Crippen LogP contribution in [0.1, 0.15) is 30.7 Å². The Labute approximate surface area is 209 Å². The van der Waals surface area contributed by atoms with Crippen LogP contribution in [-0.2, 0) is 39.9 Å². The van der Waals surface area contributed by atoms with E-state index in [0.717, 1.165) is 16.8 Å². The van der Waals surface area contributed by atoms with Crippen molar-refractivity contribution in [3.63, 3.8) is 0 Å². The Morgan fingerprint density at radius 2 is 1.54 bits per heavy atom. The topological polar surface area (TPSA) is 75.5 Å². The molecule has 0 saturated carbocycles. The number of aromatic nitrogens is 2. The van der Waals surface area contributed by atoms with Gasteiger partial charge >= 0.3 is 0 Å². The van der Waals surface area contributed by atoms with E-state index in [9.17, 15) is 13.2 Å². The van der Waals surface area contributed by atoms with Gasteiger partial charge in [-0.2, -0.15) is 0 Å². The third-order valence-electron chi connectivity index (χ3n) is 5.65. The van der Waals surface area contributed by atoms with E-state index in [1.807, 2.05) is 81.4 Å². The predicted octanol–water partition coefficient (Wildman–Crippen LogP) is 3.65. The number of carbonyl (C=O) groups excluding carboxylic acids is 1. The van der Waals surface area contributed by atoms with E-state index in [-0.39, 0.29) is 22.7 Å². The number of likely N-dealkylation sites (N-methyl/N-ethyl adjacent to an activating group) is 1. The van der Waals surface area contributed by atoms with E-state index in [0.29, 0.717) is 32.6 Å². The van der Waals surface area contributed by atoms with Crippen molar-refractivity contribution < 1.29 is 13.2 Å². The van der Waals surface area contributed by atoms with Crippen LogP contribution in [0.3, 0.4) is 0 Å². The van der Waals surface area contributed by atoms with Gasteiger partial charge in [0, 0.05) is 19.6 Å². The molecule has 1 heterocycles. The summed E-state index contributed by atoms with van der Waals surface area (Å²) in [6.45, 7) is 6.15. The Kier molecular flexibility index (Phi) is 9.23. The lowest BCUT2D eigenvalue weighted by molar-refractivity contribution is -0.131. The number of hydrogen-bond donors (Lipinski definition) is 0. The van der Waals surface area contributed by atoms with Crippen molar-refractivity contribution in [1.29, 1.82) is 0 Å². The van der Waals surface area contributed by atoms with Gasteiger partial charge in [-0.05, 0) is 31.1 Å². The third-order valence-corrected chi connectivity index (χ3v) is 7.24. The molecule has 0 aliphatic rings. The van der Waals surface area contributed by atoms with Gasteiger partial charge in [0.05, 0.1) is 30.6 Å².